The predicted octanol–water partition coefficient (Wildman–Crippen LogP) is 2.27. The van der Waals surface area contributed by atoms with Crippen molar-refractivity contribution in [2.45, 2.75) is 13.8 Å². The molecule has 100 valence electrons. The molecule has 0 atom stereocenters. The van der Waals surface area contributed by atoms with Crippen LogP contribution in [0.25, 0.3) is 0 Å². The Morgan fingerprint density at radius 2 is 2.00 bits per heavy atom. The topological polar surface area (TPSA) is 76.8 Å². The van der Waals surface area contributed by atoms with Crippen LogP contribution in [-0.4, -0.2) is 23.7 Å². The van der Waals surface area contributed by atoms with Crippen molar-refractivity contribution in [3.63, 3.8) is 0 Å². The lowest BCUT2D eigenvalue weighted by molar-refractivity contribution is -0.384. The second kappa shape index (κ2) is 5.51. The highest BCUT2D eigenvalue weighted by atomic mass is 16.6. The smallest absolute Gasteiger partial charge is 0.269 e. The molecule has 0 radical (unpaired) electrons. The molecule has 6 nitrogen and oxygen atoms in total. The standard InChI is InChI=1S/C13H15N3O3/c1-9-13(10(2)15-8-7-14-9)19-12-5-3-11(4-6-12)16(17)18/h3-6,14H,7-8H2,1-2H3. The van der Waals surface area contributed by atoms with Crippen molar-refractivity contribution in [3.8, 4) is 5.75 Å². The van der Waals surface area contributed by atoms with Gasteiger partial charge in [0.1, 0.15) is 5.75 Å². The molecule has 1 N–H and O–H groups in total. The summed E-state index contributed by atoms with van der Waals surface area (Å²) >= 11 is 0. The number of aliphatic imine (C=N–C) groups is 1. The van der Waals surface area contributed by atoms with E-state index in [1.165, 1.54) is 12.1 Å². The van der Waals surface area contributed by atoms with E-state index >= 15 is 0 Å². The van der Waals surface area contributed by atoms with Gasteiger partial charge in [-0.2, -0.15) is 0 Å². The van der Waals surface area contributed by atoms with Crippen LogP contribution < -0.4 is 10.1 Å². The molecule has 0 aliphatic carbocycles. The summed E-state index contributed by atoms with van der Waals surface area (Å²) in [5.74, 6) is 1.23. The third-order valence-corrected chi connectivity index (χ3v) is 2.79. The summed E-state index contributed by atoms with van der Waals surface area (Å²) in [4.78, 5) is 14.5. The molecule has 6 heteroatoms. The normalized spacial score (nSPS) is 15.4. The van der Waals surface area contributed by atoms with Crippen LogP contribution in [0, 0.1) is 10.1 Å². The number of benzene rings is 1. The zero-order chi connectivity index (χ0) is 13.8. The first-order chi connectivity index (χ1) is 9.08. The molecule has 0 saturated heterocycles. The van der Waals surface area contributed by atoms with Crippen molar-refractivity contribution >= 4 is 11.4 Å². The Bertz CT molecular complexity index is 547. The van der Waals surface area contributed by atoms with E-state index in [1.54, 1.807) is 12.1 Å². The average molecular weight is 261 g/mol. The summed E-state index contributed by atoms with van der Waals surface area (Å²) in [6, 6.07) is 6.00. The number of hydrogen-bond donors (Lipinski definition) is 1. The first-order valence-electron chi connectivity index (χ1n) is 5.96. The highest BCUT2D eigenvalue weighted by Gasteiger charge is 2.13. The van der Waals surface area contributed by atoms with E-state index in [0.717, 1.165) is 18.0 Å². The molecule has 1 aliphatic heterocycles. The summed E-state index contributed by atoms with van der Waals surface area (Å²) in [7, 11) is 0. The molecule has 0 unspecified atom stereocenters. The largest absolute Gasteiger partial charge is 0.454 e. The van der Waals surface area contributed by atoms with E-state index < -0.39 is 4.92 Å². The van der Waals surface area contributed by atoms with Gasteiger partial charge < -0.3 is 10.1 Å². The van der Waals surface area contributed by atoms with Crippen molar-refractivity contribution in [3.05, 3.63) is 45.8 Å². The fourth-order valence-corrected chi connectivity index (χ4v) is 1.79. The maximum Gasteiger partial charge on any atom is 0.269 e. The number of rotatable bonds is 3. The zero-order valence-corrected chi connectivity index (χ0v) is 10.8. The van der Waals surface area contributed by atoms with Gasteiger partial charge in [-0.25, -0.2) is 0 Å². The van der Waals surface area contributed by atoms with Crippen molar-refractivity contribution in [1.29, 1.82) is 0 Å². The molecule has 1 aromatic carbocycles. The van der Waals surface area contributed by atoms with Gasteiger partial charge in [0.05, 0.1) is 22.9 Å². The lowest BCUT2D eigenvalue weighted by Gasteiger charge is -2.12. The van der Waals surface area contributed by atoms with Gasteiger partial charge in [0.25, 0.3) is 5.69 Å². The predicted molar refractivity (Wildman–Crippen MR) is 72.4 cm³/mol. The van der Waals surface area contributed by atoms with Gasteiger partial charge in [-0.15, -0.1) is 0 Å². The van der Waals surface area contributed by atoms with Crippen LogP contribution in [-0.2, 0) is 0 Å². The maximum atomic E-state index is 10.6. The summed E-state index contributed by atoms with van der Waals surface area (Å²) in [6.45, 7) is 5.29. The van der Waals surface area contributed by atoms with Crippen molar-refractivity contribution < 1.29 is 9.66 Å². The number of nitro benzene ring substituents is 1. The Hall–Kier alpha value is -2.37. The van der Waals surface area contributed by atoms with Crippen LogP contribution in [0.4, 0.5) is 5.69 Å². The molecular formula is C13H15N3O3. The zero-order valence-electron chi connectivity index (χ0n) is 10.8. The van der Waals surface area contributed by atoms with E-state index in [2.05, 4.69) is 10.3 Å². The number of ether oxygens (including phenoxy) is 1. The minimum atomic E-state index is -0.436. The van der Waals surface area contributed by atoms with E-state index in [9.17, 15) is 10.1 Å². The molecule has 0 bridgehead atoms. The summed E-state index contributed by atoms with van der Waals surface area (Å²) in [5.41, 5.74) is 1.78. The van der Waals surface area contributed by atoms with Crippen LogP contribution in [0.1, 0.15) is 13.8 Å². The third kappa shape index (κ3) is 3.09. The van der Waals surface area contributed by atoms with Crippen LogP contribution in [0.5, 0.6) is 5.75 Å². The molecule has 0 saturated carbocycles. The molecule has 1 aromatic rings. The van der Waals surface area contributed by atoms with E-state index in [0.29, 0.717) is 18.1 Å². The molecule has 0 spiro atoms. The fraction of sp³-hybridized carbons (Fsp3) is 0.308. The van der Waals surface area contributed by atoms with Gasteiger partial charge in [-0.05, 0) is 26.0 Å². The molecule has 1 heterocycles. The lowest BCUT2D eigenvalue weighted by Crippen LogP contribution is -2.17. The molecule has 2 rings (SSSR count). The summed E-state index contributed by atoms with van der Waals surface area (Å²) in [6.07, 6.45) is 0. The second-order valence-corrected chi connectivity index (χ2v) is 4.20. The number of allylic oxidation sites excluding steroid dienone is 2. The van der Waals surface area contributed by atoms with E-state index in [4.69, 9.17) is 4.74 Å². The number of nitrogens with zero attached hydrogens (tertiary/aromatic N) is 2. The fourth-order valence-electron chi connectivity index (χ4n) is 1.79. The Kier molecular flexibility index (Phi) is 3.79. The van der Waals surface area contributed by atoms with Gasteiger partial charge in [-0.3, -0.25) is 15.1 Å². The number of non-ortho nitro benzene ring substituents is 1. The number of hydrogen-bond acceptors (Lipinski definition) is 5. The monoisotopic (exact) mass is 261 g/mol. The first kappa shape index (κ1) is 13.1. The summed E-state index contributed by atoms with van der Waals surface area (Å²) < 4.78 is 5.76. The molecular weight excluding hydrogens is 246 g/mol. The minimum absolute atomic E-state index is 0.0439. The molecule has 0 aromatic heterocycles. The molecule has 1 aliphatic rings. The van der Waals surface area contributed by atoms with Crippen LogP contribution in [0.3, 0.4) is 0 Å². The molecule has 0 amide bonds. The van der Waals surface area contributed by atoms with Crippen LogP contribution >= 0.6 is 0 Å². The summed E-state index contributed by atoms with van der Waals surface area (Å²) in [5, 5.41) is 13.8. The Balaban J connectivity index is 2.22. The van der Waals surface area contributed by atoms with Crippen LogP contribution in [0.2, 0.25) is 0 Å². The SMILES string of the molecule is CC1=NCCNC(C)=C1Oc1ccc([N+](=O)[O-])cc1. The number of nitro groups is 1. The quantitative estimate of drug-likeness (QED) is 0.668. The number of nitrogens with one attached hydrogen (secondary N) is 1. The second-order valence-electron chi connectivity index (χ2n) is 4.20. The third-order valence-electron chi connectivity index (χ3n) is 2.79. The van der Waals surface area contributed by atoms with Gasteiger partial charge in [0, 0.05) is 18.7 Å². The highest BCUT2D eigenvalue weighted by Crippen LogP contribution is 2.21. The lowest BCUT2D eigenvalue weighted by atomic mass is 10.2. The Labute approximate surface area is 111 Å². The van der Waals surface area contributed by atoms with Crippen molar-refractivity contribution in [2.24, 2.45) is 4.99 Å². The molecule has 19 heavy (non-hydrogen) atoms. The molecule has 0 fully saturated rings. The average Bonchev–Trinajstić information content (AvgIpc) is 2.54. The van der Waals surface area contributed by atoms with Gasteiger partial charge in [0.15, 0.2) is 5.76 Å². The van der Waals surface area contributed by atoms with Gasteiger partial charge in [0.2, 0.25) is 0 Å². The van der Waals surface area contributed by atoms with Gasteiger partial charge >= 0.3 is 0 Å². The first-order valence-corrected chi connectivity index (χ1v) is 5.96. The van der Waals surface area contributed by atoms with Gasteiger partial charge in [-0.1, -0.05) is 0 Å². The maximum absolute atomic E-state index is 10.6. The van der Waals surface area contributed by atoms with Crippen molar-refractivity contribution in [2.75, 3.05) is 13.1 Å². The van der Waals surface area contributed by atoms with Crippen LogP contribution in [0.15, 0.2) is 40.7 Å². The van der Waals surface area contributed by atoms with E-state index in [-0.39, 0.29) is 5.69 Å². The minimum Gasteiger partial charge on any atom is -0.454 e. The van der Waals surface area contributed by atoms with Crippen molar-refractivity contribution in [1.82, 2.24) is 5.32 Å². The highest BCUT2D eigenvalue weighted by molar-refractivity contribution is 5.97. The Morgan fingerprint density at radius 1 is 1.32 bits per heavy atom. The Morgan fingerprint density at radius 3 is 2.63 bits per heavy atom. The van der Waals surface area contributed by atoms with E-state index in [1.807, 2.05) is 13.8 Å².